The van der Waals surface area contributed by atoms with Gasteiger partial charge < -0.3 is 14.4 Å². The molecule has 1 aliphatic heterocycles. The number of aromatic nitrogens is 3. The third-order valence-corrected chi connectivity index (χ3v) is 5.63. The highest BCUT2D eigenvalue weighted by Crippen LogP contribution is 2.23. The number of para-hydroxylation sites is 1. The maximum atomic E-state index is 13.1. The van der Waals surface area contributed by atoms with Gasteiger partial charge in [-0.05, 0) is 62.1 Å². The number of rotatable bonds is 8. The lowest BCUT2D eigenvalue weighted by Gasteiger charge is -2.36. The number of nitrogens with zero attached hydrogens (tertiary/aromatic N) is 4. The number of likely N-dealkylation sites (tertiary alicyclic amines) is 1. The van der Waals surface area contributed by atoms with Crippen molar-refractivity contribution in [3.05, 3.63) is 72.1 Å². The highest BCUT2D eigenvalue weighted by atomic mass is 16.5. The van der Waals surface area contributed by atoms with Crippen LogP contribution in [0.15, 0.2) is 60.8 Å². The number of amides is 1. The smallest absolute Gasteiger partial charge is 0.254 e. The minimum absolute atomic E-state index is 0.0860. The molecule has 162 valence electrons. The molecule has 2 heterocycles. The fourth-order valence-electron chi connectivity index (χ4n) is 3.94. The molecule has 1 aromatic heterocycles. The van der Waals surface area contributed by atoms with E-state index in [-0.39, 0.29) is 11.9 Å². The van der Waals surface area contributed by atoms with Crippen molar-refractivity contribution in [2.24, 2.45) is 0 Å². The van der Waals surface area contributed by atoms with Crippen molar-refractivity contribution in [1.29, 1.82) is 0 Å². The van der Waals surface area contributed by atoms with E-state index >= 15 is 0 Å². The molecule has 1 aliphatic rings. The molecule has 0 aliphatic carbocycles. The summed E-state index contributed by atoms with van der Waals surface area (Å²) in [6.45, 7) is 1.90. The second-order valence-corrected chi connectivity index (χ2v) is 7.74. The maximum absolute atomic E-state index is 13.1. The van der Waals surface area contributed by atoms with Crippen molar-refractivity contribution >= 4 is 5.91 Å². The van der Waals surface area contributed by atoms with Gasteiger partial charge in [-0.25, -0.2) is 0 Å². The number of methoxy groups -OCH3 is 1. The maximum Gasteiger partial charge on any atom is 0.254 e. The number of benzene rings is 2. The Balaban J connectivity index is 1.33. The van der Waals surface area contributed by atoms with Crippen molar-refractivity contribution in [2.75, 3.05) is 13.7 Å². The topological polar surface area (TPSA) is 69.5 Å². The summed E-state index contributed by atoms with van der Waals surface area (Å²) in [6, 6.07) is 17.2. The largest absolute Gasteiger partial charge is 0.497 e. The minimum atomic E-state index is 0.0860. The standard InChI is InChI=1S/C24H28N4O3/c1-30-22-12-10-19(11-13-22)24(29)28-15-6-5-7-21(28)14-16-27-17-20(25-26-27)18-31-23-8-3-2-4-9-23/h2-4,8-13,17,21H,5-7,14-16,18H2,1H3. The molecule has 0 spiro atoms. The normalized spacial score (nSPS) is 16.2. The van der Waals surface area contributed by atoms with E-state index in [0.717, 1.165) is 56.0 Å². The first-order chi connectivity index (χ1) is 15.2. The summed E-state index contributed by atoms with van der Waals surface area (Å²) in [6.07, 6.45) is 5.97. The molecule has 0 bridgehead atoms. The predicted molar refractivity (Wildman–Crippen MR) is 117 cm³/mol. The highest BCUT2D eigenvalue weighted by Gasteiger charge is 2.27. The van der Waals surface area contributed by atoms with Crippen LogP contribution in [0.1, 0.15) is 41.7 Å². The van der Waals surface area contributed by atoms with E-state index < -0.39 is 0 Å². The molecule has 7 nitrogen and oxygen atoms in total. The van der Waals surface area contributed by atoms with Crippen LogP contribution >= 0.6 is 0 Å². The van der Waals surface area contributed by atoms with Gasteiger partial charge in [0.05, 0.1) is 13.3 Å². The molecule has 7 heteroatoms. The van der Waals surface area contributed by atoms with Gasteiger partial charge in [-0.2, -0.15) is 0 Å². The third-order valence-electron chi connectivity index (χ3n) is 5.63. The van der Waals surface area contributed by atoms with Gasteiger partial charge in [0.15, 0.2) is 0 Å². The zero-order valence-electron chi connectivity index (χ0n) is 17.8. The van der Waals surface area contributed by atoms with E-state index in [1.165, 1.54) is 0 Å². The fourth-order valence-corrected chi connectivity index (χ4v) is 3.94. The van der Waals surface area contributed by atoms with E-state index in [1.54, 1.807) is 7.11 Å². The Morgan fingerprint density at radius 3 is 2.65 bits per heavy atom. The minimum Gasteiger partial charge on any atom is -0.497 e. The highest BCUT2D eigenvalue weighted by molar-refractivity contribution is 5.94. The Labute approximate surface area is 182 Å². The Morgan fingerprint density at radius 1 is 1.06 bits per heavy atom. The van der Waals surface area contributed by atoms with Crippen LogP contribution in [0.5, 0.6) is 11.5 Å². The van der Waals surface area contributed by atoms with Crippen LogP contribution < -0.4 is 9.47 Å². The molecule has 3 aromatic rings. The van der Waals surface area contributed by atoms with Gasteiger partial charge in [-0.1, -0.05) is 23.4 Å². The molecule has 2 aromatic carbocycles. The van der Waals surface area contributed by atoms with Crippen LogP contribution in [-0.4, -0.2) is 45.5 Å². The lowest BCUT2D eigenvalue weighted by Crippen LogP contribution is -2.44. The molecule has 1 atom stereocenters. The molecule has 1 amide bonds. The second-order valence-electron chi connectivity index (χ2n) is 7.74. The van der Waals surface area contributed by atoms with Gasteiger partial charge in [-0.15, -0.1) is 5.10 Å². The third kappa shape index (κ3) is 5.42. The van der Waals surface area contributed by atoms with Gasteiger partial charge in [0.25, 0.3) is 5.91 Å². The van der Waals surface area contributed by atoms with Crippen LogP contribution in [0.4, 0.5) is 0 Å². The monoisotopic (exact) mass is 420 g/mol. The Bertz CT molecular complexity index is 972. The molecular formula is C24H28N4O3. The first-order valence-corrected chi connectivity index (χ1v) is 10.7. The van der Waals surface area contributed by atoms with Crippen molar-refractivity contribution in [3.8, 4) is 11.5 Å². The van der Waals surface area contributed by atoms with Gasteiger partial charge in [0, 0.05) is 24.7 Å². The summed E-state index contributed by atoms with van der Waals surface area (Å²) in [7, 11) is 1.63. The SMILES string of the molecule is COc1ccc(C(=O)N2CCCCC2CCn2cc(COc3ccccc3)nn2)cc1. The van der Waals surface area contributed by atoms with Crippen molar-refractivity contribution in [2.45, 2.75) is 44.9 Å². The zero-order chi connectivity index (χ0) is 21.5. The lowest BCUT2D eigenvalue weighted by atomic mass is 9.98. The van der Waals surface area contributed by atoms with Crippen LogP contribution in [0, 0.1) is 0 Å². The van der Waals surface area contributed by atoms with Gasteiger partial charge in [0.2, 0.25) is 0 Å². The van der Waals surface area contributed by atoms with E-state index in [9.17, 15) is 4.79 Å². The Kier molecular flexibility index (Phi) is 6.82. The van der Waals surface area contributed by atoms with Crippen molar-refractivity contribution in [1.82, 2.24) is 19.9 Å². The number of ether oxygens (including phenoxy) is 2. The predicted octanol–water partition coefficient (Wildman–Crippen LogP) is 3.95. The lowest BCUT2D eigenvalue weighted by molar-refractivity contribution is 0.0593. The number of carbonyl (C=O) groups is 1. The fraction of sp³-hybridized carbons (Fsp3) is 0.375. The van der Waals surface area contributed by atoms with Crippen molar-refractivity contribution in [3.63, 3.8) is 0 Å². The first kappa shape index (κ1) is 20.9. The molecular weight excluding hydrogens is 392 g/mol. The molecule has 0 radical (unpaired) electrons. The summed E-state index contributed by atoms with van der Waals surface area (Å²) in [5.41, 5.74) is 1.49. The molecule has 1 fully saturated rings. The summed E-state index contributed by atoms with van der Waals surface area (Å²) >= 11 is 0. The van der Waals surface area contributed by atoms with E-state index in [4.69, 9.17) is 9.47 Å². The number of carbonyl (C=O) groups excluding carboxylic acids is 1. The van der Waals surface area contributed by atoms with E-state index in [2.05, 4.69) is 10.3 Å². The second kappa shape index (κ2) is 10.1. The summed E-state index contributed by atoms with van der Waals surface area (Å²) < 4.78 is 12.8. The number of hydrogen-bond donors (Lipinski definition) is 0. The van der Waals surface area contributed by atoms with Gasteiger partial charge >= 0.3 is 0 Å². The molecule has 1 saturated heterocycles. The Morgan fingerprint density at radius 2 is 1.87 bits per heavy atom. The van der Waals surface area contributed by atoms with Gasteiger partial charge in [-0.3, -0.25) is 9.48 Å². The molecule has 0 N–H and O–H groups in total. The number of hydrogen-bond acceptors (Lipinski definition) is 5. The summed E-state index contributed by atoms with van der Waals surface area (Å²) in [4.78, 5) is 15.1. The van der Waals surface area contributed by atoms with Crippen LogP contribution in [-0.2, 0) is 13.2 Å². The Hall–Kier alpha value is -3.35. The van der Waals surface area contributed by atoms with Crippen LogP contribution in [0.3, 0.4) is 0 Å². The number of aryl methyl sites for hydroxylation is 1. The van der Waals surface area contributed by atoms with Crippen molar-refractivity contribution < 1.29 is 14.3 Å². The van der Waals surface area contributed by atoms with Crippen LogP contribution in [0.2, 0.25) is 0 Å². The quantitative estimate of drug-likeness (QED) is 0.552. The number of piperidine rings is 1. The van der Waals surface area contributed by atoms with E-state index in [0.29, 0.717) is 12.2 Å². The average Bonchev–Trinajstić information content (AvgIpc) is 3.30. The molecule has 4 rings (SSSR count). The van der Waals surface area contributed by atoms with E-state index in [1.807, 2.05) is 70.4 Å². The molecule has 0 saturated carbocycles. The average molecular weight is 421 g/mol. The van der Waals surface area contributed by atoms with Gasteiger partial charge in [0.1, 0.15) is 23.8 Å². The van der Waals surface area contributed by atoms with Crippen LogP contribution in [0.25, 0.3) is 0 Å². The zero-order valence-corrected chi connectivity index (χ0v) is 17.8. The molecule has 1 unspecified atom stereocenters. The molecule has 31 heavy (non-hydrogen) atoms. The summed E-state index contributed by atoms with van der Waals surface area (Å²) in [5, 5.41) is 8.44. The summed E-state index contributed by atoms with van der Waals surface area (Å²) in [5.74, 6) is 1.65. The first-order valence-electron chi connectivity index (χ1n) is 10.7.